The fourth-order valence-corrected chi connectivity index (χ4v) is 2.73. The molecule has 1 aromatic heterocycles. The normalized spacial score (nSPS) is 18.0. The van der Waals surface area contributed by atoms with Crippen LogP contribution in [0.2, 0.25) is 5.02 Å². The van der Waals surface area contributed by atoms with Crippen molar-refractivity contribution in [2.45, 2.75) is 19.4 Å². The van der Waals surface area contributed by atoms with Crippen LogP contribution < -0.4 is 20.9 Å². The first-order chi connectivity index (χ1) is 11.1. The monoisotopic (exact) mass is 338 g/mol. The Balaban J connectivity index is 1.80. The summed E-state index contributed by atoms with van der Waals surface area (Å²) in [6.45, 7) is 4.42. The van der Waals surface area contributed by atoms with E-state index in [2.05, 4.69) is 30.8 Å². The van der Waals surface area contributed by atoms with Crippen LogP contribution in [0.25, 0.3) is 0 Å². The van der Waals surface area contributed by atoms with Crippen molar-refractivity contribution in [1.29, 1.82) is 0 Å². The number of carbonyl (C=O) groups is 1. The Bertz CT molecular complexity index is 565. The predicted molar refractivity (Wildman–Crippen MR) is 93.0 cm³/mol. The number of guanidine groups is 1. The molecule has 1 aliphatic rings. The number of aliphatic imine (C=N–C) groups is 1. The van der Waals surface area contributed by atoms with Crippen molar-refractivity contribution in [3.63, 3.8) is 0 Å². The molecule has 3 N–H and O–H groups in total. The highest BCUT2D eigenvalue weighted by Crippen LogP contribution is 2.25. The number of nitrogens with zero attached hydrogens (tertiary/aromatic N) is 3. The predicted octanol–water partition coefficient (Wildman–Crippen LogP) is 0.615. The summed E-state index contributed by atoms with van der Waals surface area (Å²) >= 11 is 6.20. The SMILES string of the molecule is CN=C(NCCNC(C)=O)NC1CCN(c2ncccc2Cl)C1. The third kappa shape index (κ3) is 5.28. The minimum atomic E-state index is -0.0339. The standard InChI is InChI=1S/C15H23ClN6O/c1-11(23)18-7-8-20-15(17-2)21-12-5-9-22(10-12)14-13(16)4-3-6-19-14/h3-4,6,12H,5,7-10H2,1-2H3,(H,18,23)(H2,17,20,21). The molecule has 8 heteroatoms. The first kappa shape index (κ1) is 17.3. The van der Waals surface area contributed by atoms with Gasteiger partial charge in [0.1, 0.15) is 5.82 Å². The van der Waals surface area contributed by atoms with Crippen LogP contribution >= 0.6 is 11.6 Å². The van der Waals surface area contributed by atoms with Crippen LogP contribution in [0.5, 0.6) is 0 Å². The average molecular weight is 339 g/mol. The fourth-order valence-electron chi connectivity index (χ4n) is 2.49. The molecule has 0 aromatic carbocycles. The van der Waals surface area contributed by atoms with Gasteiger partial charge in [-0.05, 0) is 18.6 Å². The summed E-state index contributed by atoms with van der Waals surface area (Å²) in [7, 11) is 1.73. The number of nitrogens with one attached hydrogen (secondary N) is 3. The van der Waals surface area contributed by atoms with Gasteiger partial charge in [-0.1, -0.05) is 11.6 Å². The summed E-state index contributed by atoms with van der Waals surface area (Å²) in [6.07, 6.45) is 2.74. The van der Waals surface area contributed by atoms with Crippen LogP contribution in [0.4, 0.5) is 5.82 Å². The van der Waals surface area contributed by atoms with E-state index in [1.54, 1.807) is 13.2 Å². The lowest BCUT2D eigenvalue weighted by molar-refractivity contribution is -0.118. The van der Waals surface area contributed by atoms with Crippen molar-refractivity contribution in [2.24, 2.45) is 4.99 Å². The van der Waals surface area contributed by atoms with Crippen LogP contribution in [-0.2, 0) is 4.79 Å². The van der Waals surface area contributed by atoms with Crippen LogP contribution in [0.15, 0.2) is 23.3 Å². The Morgan fingerprint density at radius 3 is 2.96 bits per heavy atom. The maximum absolute atomic E-state index is 10.8. The average Bonchev–Trinajstić information content (AvgIpc) is 2.98. The molecule has 1 aromatic rings. The molecule has 1 fully saturated rings. The van der Waals surface area contributed by atoms with E-state index in [-0.39, 0.29) is 11.9 Å². The quantitative estimate of drug-likeness (QED) is 0.416. The second-order valence-corrected chi connectivity index (χ2v) is 5.77. The summed E-state index contributed by atoms with van der Waals surface area (Å²) in [5.74, 6) is 1.52. The van der Waals surface area contributed by atoms with Gasteiger partial charge in [0.2, 0.25) is 5.91 Å². The Labute approximate surface area is 141 Å². The summed E-state index contributed by atoms with van der Waals surface area (Å²) < 4.78 is 0. The molecular weight excluding hydrogens is 316 g/mol. The molecule has 2 rings (SSSR count). The Morgan fingerprint density at radius 1 is 1.48 bits per heavy atom. The van der Waals surface area contributed by atoms with Crippen molar-refractivity contribution in [3.05, 3.63) is 23.4 Å². The van der Waals surface area contributed by atoms with Gasteiger partial charge in [0.05, 0.1) is 5.02 Å². The maximum atomic E-state index is 10.8. The van der Waals surface area contributed by atoms with Crippen LogP contribution in [0.3, 0.4) is 0 Å². The number of aromatic nitrogens is 1. The second kappa shape index (κ2) is 8.57. The van der Waals surface area contributed by atoms with E-state index in [1.165, 1.54) is 6.92 Å². The Hall–Kier alpha value is -2.02. The molecule has 0 bridgehead atoms. The van der Waals surface area contributed by atoms with E-state index in [0.29, 0.717) is 18.1 Å². The number of pyridine rings is 1. The smallest absolute Gasteiger partial charge is 0.216 e. The van der Waals surface area contributed by atoms with E-state index in [1.807, 2.05) is 12.1 Å². The van der Waals surface area contributed by atoms with Gasteiger partial charge in [-0.25, -0.2) is 4.98 Å². The van der Waals surface area contributed by atoms with Gasteiger partial charge >= 0.3 is 0 Å². The molecule has 1 unspecified atom stereocenters. The van der Waals surface area contributed by atoms with E-state index in [9.17, 15) is 4.79 Å². The fraction of sp³-hybridized carbons (Fsp3) is 0.533. The zero-order chi connectivity index (χ0) is 16.7. The molecule has 1 amide bonds. The largest absolute Gasteiger partial charge is 0.355 e. The topological polar surface area (TPSA) is 81.6 Å². The molecule has 2 heterocycles. The number of carbonyl (C=O) groups excluding carboxylic acids is 1. The molecule has 126 valence electrons. The van der Waals surface area contributed by atoms with E-state index >= 15 is 0 Å². The lowest BCUT2D eigenvalue weighted by atomic mass is 10.3. The summed E-state index contributed by atoms with van der Waals surface area (Å²) in [5.41, 5.74) is 0. The lowest BCUT2D eigenvalue weighted by Gasteiger charge is -2.20. The van der Waals surface area contributed by atoms with Crippen molar-refractivity contribution in [2.75, 3.05) is 38.1 Å². The highest BCUT2D eigenvalue weighted by Gasteiger charge is 2.25. The molecule has 7 nitrogen and oxygen atoms in total. The van der Waals surface area contributed by atoms with E-state index in [0.717, 1.165) is 31.3 Å². The van der Waals surface area contributed by atoms with Gasteiger partial charge in [0, 0.05) is 52.4 Å². The van der Waals surface area contributed by atoms with Crippen molar-refractivity contribution in [1.82, 2.24) is 20.9 Å². The van der Waals surface area contributed by atoms with Gasteiger partial charge in [-0.3, -0.25) is 9.79 Å². The van der Waals surface area contributed by atoms with Gasteiger partial charge < -0.3 is 20.9 Å². The zero-order valence-corrected chi connectivity index (χ0v) is 14.2. The maximum Gasteiger partial charge on any atom is 0.216 e. The Morgan fingerprint density at radius 2 is 2.26 bits per heavy atom. The van der Waals surface area contributed by atoms with Gasteiger partial charge in [0.15, 0.2) is 5.96 Å². The lowest BCUT2D eigenvalue weighted by Crippen LogP contribution is -2.46. The van der Waals surface area contributed by atoms with E-state index < -0.39 is 0 Å². The summed E-state index contributed by atoms with van der Waals surface area (Å²) in [6, 6.07) is 3.96. The number of rotatable bonds is 5. The third-order valence-electron chi connectivity index (χ3n) is 3.58. The summed E-state index contributed by atoms with van der Waals surface area (Å²) in [4.78, 5) is 21.6. The molecule has 0 aliphatic carbocycles. The molecule has 1 aliphatic heterocycles. The highest BCUT2D eigenvalue weighted by molar-refractivity contribution is 6.32. The van der Waals surface area contributed by atoms with Gasteiger partial charge in [-0.15, -0.1) is 0 Å². The number of halogens is 1. The number of anilines is 1. The minimum Gasteiger partial charge on any atom is -0.355 e. The molecule has 23 heavy (non-hydrogen) atoms. The highest BCUT2D eigenvalue weighted by atomic mass is 35.5. The first-order valence-corrected chi connectivity index (χ1v) is 8.05. The zero-order valence-electron chi connectivity index (χ0n) is 13.5. The van der Waals surface area contributed by atoms with Gasteiger partial charge in [0.25, 0.3) is 0 Å². The number of hydrogen-bond acceptors (Lipinski definition) is 4. The van der Waals surface area contributed by atoms with Crippen LogP contribution in [0.1, 0.15) is 13.3 Å². The second-order valence-electron chi connectivity index (χ2n) is 5.37. The third-order valence-corrected chi connectivity index (χ3v) is 3.88. The number of hydrogen-bond donors (Lipinski definition) is 3. The van der Waals surface area contributed by atoms with Crippen LogP contribution in [-0.4, -0.2) is 56.1 Å². The van der Waals surface area contributed by atoms with E-state index in [4.69, 9.17) is 11.6 Å². The molecular formula is C15H23ClN6O. The van der Waals surface area contributed by atoms with Crippen molar-refractivity contribution in [3.8, 4) is 0 Å². The Kier molecular flexibility index (Phi) is 6.46. The first-order valence-electron chi connectivity index (χ1n) is 7.67. The molecule has 1 atom stereocenters. The van der Waals surface area contributed by atoms with Crippen molar-refractivity contribution < 1.29 is 4.79 Å². The minimum absolute atomic E-state index is 0.0339. The summed E-state index contributed by atoms with van der Waals surface area (Å²) in [5, 5.41) is 9.98. The number of amides is 1. The van der Waals surface area contributed by atoms with Crippen molar-refractivity contribution >= 4 is 29.3 Å². The molecule has 1 saturated heterocycles. The van der Waals surface area contributed by atoms with Gasteiger partial charge in [-0.2, -0.15) is 0 Å². The molecule has 0 radical (unpaired) electrons. The van der Waals surface area contributed by atoms with Crippen LogP contribution in [0, 0.1) is 0 Å². The molecule has 0 saturated carbocycles. The molecule has 0 spiro atoms.